The third-order valence-electron chi connectivity index (χ3n) is 6.22. The molecule has 2 amide bonds. The lowest BCUT2D eigenvalue weighted by Gasteiger charge is -2.36. The zero-order chi connectivity index (χ0) is 22.6. The van der Waals surface area contributed by atoms with Gasteiger partial charge in [-0.1, -0.05) is 17.4 Å². The minimum Gasteiger partial charge on any atom is -0.353 e. The van der Waals surface area contributed by atoms with Gasteiger partial charge in [-0.05, 0) is 24.3 Å². The molecule has 0 spiro atoms. The minimum atomic E-state index is 0.0566. The largest absolute Gasteiger partial charge is 0.353 e. The van der Waals surface area contributed by atoms with Crippen LogP contribution < -0.4 is 9.80 Å². The molecule has 33 heavy (non-hydrogen) atoms. The van der Waals surface area contributed by atoms with Gasteiger partial charge < -0.3 is 19.6 Å². The van der Waals surface area contributed by atoms with Crippen LogP contribution in [0.2, 0.25) is 0 Å². The highest BCUT2D eigenvalue weighted by atomic mass is 32.1. The van der Waals surface area contributed by atoms with E-state index in [2.05, 4.69) is 24.8 Å². The highest BCUT2D eigenvalue weighted by Crippen LogP contribution is 2.27. The maximum atomic E-state index is 12.7. The van der Waals surface area contributed by atoms with Gasteiger partial charge >= 0.3 is 0 Å². The zero-order valence-corrected chi connectivity index (χ0v) is 19.3. The summed E-state index contributed by atoms with van der Waals surface area (Å²) in [5, 5.41) is 0.954. The highest BCUT2D eigenvalue weighted by Gasteiger charge is 2.26. The molecule has 10 heteroatoms. The number of pyridine rings is 2. The first-order chi connectivity index (χ1) is 16.2. The number of fused-ring (bicyclic) bond motifs is 1. The van der Waals surface area contributed by atoms with Crippen LogP contribution in [0.1, 0.15) is 12.8 Å². The second kappa shape index (κ2) is 9.70. The number of carbonyl (C=O) groups is 2. The number of amides is 2. The van der Waals surface area contributed by atoms with Crippen LogP contribution in [0.5, 0.6) is 0 Å². The molecular formula is C23H27N7O2S. The summed E-state index contributed by atoms with van der Waals surface area (Å²) in [5.74, 6) is 1.06. The average Bonchev–Trinajstić information content (AvgIpc) is 3.32. The van der Waals surface area contributed by atoms with Crippen molar-refractivity contribution in [2.45, 2.75) is 12.8 Å². The summed E-state index contributed by atoms with van der Waals surface area (Å²) in [6.45, 7) is 5.65. The summed E-state index contributed by atoms with van der Waals surface area (Å²) in [5.41, 5.74) is 0.912. The normalized spacial score (nSPS) is 17.0. The Morgan fingerprint density at radius 2 is 1.39 bits per heavy atom. The quantitative estimate of drug-likeness (QED) is 0.569. The van der Waals surface area contributed by atoms with Crippen molar-refractivity contribution in [3.05, 3.63) is 42.7 Å². The maximum absolute atomic E-state index is 12.7. The monoisotopic (exact) mass is 465 g/mol. The molecule has 2 saturated heterocycles. The van der Waals surface area contributed by atoms with Crippen molar-refractivity contribution in [2.24, 2.45) is 0 Å². The lowest BCUT2D eigenvalue weighted by molar-refractivity contribution is -0.137. The average molecular weight is 466 g/mol. The SMILES string of the molecule is O=C(CCC(=O)N1CCN(c2nc3cccnc3s2)CC1)N1CCN(c2ccccn2)CC1. The van der Waals surface area contributed by atoms with Crippen LogP contribution in [0.25, 0.3) is 10.3 Å². The number of thiazole rings is 1. The molecule has 5 heterocycles. The predicted molar refractivity (Wildman–Crippen MR) is 128 cm³/mol. The Morgan fingerprint density at radius 3 is 2.00 bits per heavy atom. The molecule has 0 N–H and O–H groups in total. The number of carbonyl (C=O) groups excluding carboxylic acids is 2. The fourth-order valence-corrected chi connectivity index (χ4v) is 5.26. The highest BCUT2D eigenvalue weighted by molar-refractivity contribution is 7.21. The predicted octanol–water partition coefficient (Wildman–Crippen LogP) is 1.86. The number of hydrogen-bond donors (Lipinski definition) is 0. The first-order valence-electron chi connectivity index (χ1n) is 11.4. The Bertz CT molecular complexity index is 1070. The van der Waals surface area contributed by atoms with E-state index >= 15 is 0 Å². The van der Waals surface area contributed by atoms with E-state index in [0.717, 1.165) is 47.5 Å². The van der Waals surface area contributed by atoms with Crippen LogP contribution in [0.15, 0.2) is 42.7 Å². The van der Waals surface area contributed by atoms with Crippen LogP contribution in [-0.2, 0) is 9.59 Å². The molecule has 0 atom stereocenters. The second-order valence-electron chi connectivity index (χ2n) is 8.25. The Labute approximate surface area is 196 Å². The van der Waals surface area contributed by atoms with Gasteiger partial charge in [0.1, 0.15) is 16.2 Å². The first kappa shape index (κ1) is 21.6. The zero-order valence-electron chi connectivity index (χ0n) is 18.5. The van der Waals surface area contributed by atoms with Crippen LogP contribution in [-0.4, -0.2) is 88.9 Å². The van der Waals surface area contributed by atoms with E-state index in [0.29, 0.717) is 26.2 Å². The molecule has 0 aliphatic carbocycles. The lowest BCUT2D eigenvalue weighted by Crippen LogP contribution is -2.50. The van der Waals surface area contributed by atoms with E-state index < -0.39 is 0 Å². The van der Waals surface area contributed by atoms with E-state index in [9.17, 15) is 9.59 Å². The van der Waals surface area contributed by atoms with Gasteiger partial charge in [0.2, 0.25) is 11.8 Å². The smallest absolute Gasteiger partial charge is 0.223 e. The van der Waals surface area contributed by atoms with Crippen molar-refractivity contribution in [2.75, 3.05) is 62.2 Å². The van der Waals surface area contributed by atoms with Gasteiger partial charge in [0.15, 0.2) is 5.13 Å². The van der Waals surface area contributed by atoms with Crippen LogP contribution in [0, 0.1) is 0 Å². The summed E-state index contributed by atoms with van der Waals surface area (Å²) in [4.78, 5) is 47.8. The van der Waals surface area contributed by atoms with E-state index in [1.165, 1.54) is 0 Å². The molecule has 0 saturated carbocycles. The van der Waals surface area contributed by atoms with Gasteiger partial charge in [0, 0.05) is 77.6 Å². The number of anilines is 2. The third kappa shape index (κ3) is 4.90. The Kier molecular flexibility index (Phi) is 6.34. The minimum absolute atomic E-state index is 0.0566. The third-order valence-corrected chi connectivity index (χ3v) is 7.26. The molecule has 5 rings (SSSR count). The topological polar surface area (TPSA) is 85.8 Å². The molecule has 2 aliphatic rings. The summed E-state index contributed by atoms with van der Waals surface area (Å²) in [7, 11) is 0. The van der Waals surface area contributed by atoms with Crippen molar-refractivity contribution in [3.63, 3.8) is 0 Å². The van der Waals surface area contributed by atoms with Gasteiger partial charge in [-0.2, -0.15) is 0 Å². The van der Waals surface area contributed by atoms with Crippen molar-refractivity contribution >= 4 is 44.4 Å². The van der Waals surface area contributed by atoms with Gasteiger partial charge in [0.25, 0.3) is 0 Å². The van der Waals surface area contributed by atoms with E-state index in [4.69, 9.17) is 0 Å². The molecular weight excluding hydrogens is 438 g/mol. The first-order valence-corrected chi connectivity index (χ1v) is 12.2. The van der Waals surface area contributed by atoms with Crippen molar-refractivity contribution in [1.82, 2.24) is 24.8 Å². The molecule has 2 aliphatic heterocycles. The summed E-state index contributed by atoms with van der Waals surface area (Å²) >= 11 is 1.58. The number of hydrogen-bond acceptors (Lipinski definition) is 8. The molecule has 3 aromatic heterocycles. The molecule has 3 aromatic rings. The molecule has 9 nitrogen and oxygen atoms in total. The number of aromatic nitrogens is 3. The van der Waals surface area contributed by atoms with Gasteiger partial charge in [0.05, 0.1) is 0 Å². The Morgan fingerprint density at radius 1 is 0.758 bits per heavy atom. The van der Waals surface area contributed by atoms with Crippen LogP contribution >= 0.6 is 11.3 Å². The van der Waals surface area contributed by atoms with Gasteiger partial charge in [-0.25, -0.2) is 15.0 Å². The molecule has 172 valence electrons. The number of nitrogens with zero attached hydrogens (tertiary/aromatic N) is 7. The van der Waals surface area contributed by atoms with Crippen molar-refractivity contribution in [3.8, 4) is 0 Å². The Balaban J connectivity index is 1.05. The standard InChI is InChI=1S/C23H27N7O2S/c31-20(28-12-10-27(11-13-28)19-5-1-2-8-24-19)6-7-21(32)29-14-16-30(17-15-29)23-26-18-4-3-9-25-22(18)33-23/h1-5,8-9H,6-7,10-17H2. The van der Waals surface area contributed by atoms with Crippen LogP contribution in [0.4, 0.5) is 10.9 Å². The fourth-order valence-electron chi connectivity index (χ4n) is 4.30. The summed E-state index contributed by atoms with van der Waals surface area (Å²) in [6.07, 6.45) is 4.10. The van der Waals surface area contributed by atoms with Crippen molar-refractivity contribution in [1.29, 1.82) is 0 Å². The van der Waals surface area contributed by atoms with E-state index in [-0.39, 0.29) is 24.7 Å². The summed E-state index contributed by atoms with van der Waals surface area (Å²) < 4.78 is 0. The van der Waals surface area contributed by atoms with E-state index in [1.807, 2.05) is 40.1 Å². The summed E-state index contributed by atoms with van der Waals surface area (Å²) in [6, 6.07) is 9.73. The second-order valence-corrected chi connectivity index (χ2v) is 9.20. The molecule has 2 fully saturated rings. The number of rotatable bonds is 5. The van der Waals surface area contributed by atoms with Crippen LogP contribution in [0.3, 0.4) is 0 Å². The lowest BCUT2D eigenvalue weighted by atomic mass is 10.2. The number of piperazine rings is 2. The molecule has 0 unspecified atom stereocenters. The van der Waals surface area contributed by atoms with Crippen molar-refractivity contribution < 1.29 is 9.59 Å². The van der Waals surface area contributed by atoms with Gasteiger partial charge in [-0.15, -0.1) is 0 Å². The fraction of sp³-hybridized carbons (Fsp3) is 0.435. The molecule has 0 aromatic carbocycles. The Hall–Kier alpha value is -3.27. The maximum Gasteiger partial charge on any atom is 0.223 e. The molecule has 0 radical (unpaired) electrons. The molecule has 0 bridgehead atoms. The van der Waals surface area contributed by atoms with E-state index in [1.54, 1.807) is 23.7 Å². The van der Waals surface area contributed by atoms with Gasteiger partial charge in [-0.3, -0.25) is 9.59 Å².